The van der Waals surface area contributed by atoms with Gasteiger partial charge in [-0.05, 0) is 54.1 Å². The number of carboxylic acids is 1. The van der Waals surface area contributed by atoms with E-state index in [0.29, 0.717) is 11.8 Å². The Kier molecular flexibility index (Phi) is 12.0. The first kappa shape index (κ1) is 29.1. The molecule has 0 aromatic heterocycles. The minimum Gasteiger partial charge on any atom is -0.481 e. The maximum Gasteiger partial charge on any atom is 0.303 e. The second-order valence-corrected chi connectivity index (χ2v) is 9.44. The van der Waals surface area contributed by atoms with Gasteiger partial charge in [-0.1, -0.05) is 79.2 Å². The summed E-state index contributed by atoms with van der Waals surface area (Å²) in [5, 5.41) is 15.3. The van der Waals surface area contributed by atoms with Gasteiger partial charge in [0.1, 0.15) is 0 Å². The molecular formula is C29H38Cl2N2O2. The van der Waals surface area contributed by atoms with E-state index in [1.807, 2.05) is 0 Å². The summed E-state index contributed by atoms with van der Waals surface area (Å²) >= 11 is 0. The highest BCUT2D eigenvalue weighted by Gasteiger charge is 2.33. The Balaban J connectivity index is 0.00000216. The molecule has 1 fully saturated rings. The van der Waals surface area contributed by atoms with Crippen LogP contribution in [0.3, 0.4) is 0 Å². The normalized spacial score (nSPS) is 18.5. The molecule has 0 unspecified atom stereocenters. The monoisotopic (exact) mass is 516 g/mol. The fourth-order valence-corrected chi connectivity index (χ4v) is 5.28. The lowest BCUT2D eigenvalue weighted by molar-refractivity contribution is -0.137. The zero-order valence-corrected chi connectivity index (χ0v) is 22.1. The lowest BCUT2D eigenvalue weighted by Crippen LogP contribution is -2.30. The van der Waals surface area contributed by atoms with Gasteiger partial charge in [0, 0.05) is 38.0 Å². The predicted octanol–water partition coefficient (Wildman–Crippen LogP) is 6.69. The number of hydrogen-bond donors (Lipinski definition) is 2. The topological polar surface area (TPSA) is 52.6 Å². The van der Waals surface area contributed by atoms with Crippen molar-refractivity contribution in [2.75, 3.05) is 26.2 Å². The number of carboxylic acid groups (broad SMARTS) is 1. The van der Waals surface area contributed by atoms with E-state index in [1.165, 1.54) is 21.9 Å². The minimum atomic E-state index is -0.688. The average molecular weight is 518 g/mol. The van der Waals surface area contributed by atoms with Gasteiger partial charge in [-0.25, -0.2) is 0 Å². The third-order valence-corrected chi connectivity index (χ3v) is 7.09. The Bertz CT molecular complexity index is 1040. The highest BCUT2D eigenvalue weighted by atomic mass is 35.5. The highest BCUT2D eigenvalue weighted by Crippen LogP contribution is 2.33. The molecule has 0 bridgehead atoms. The fraction of sp³-hybridized carbons (Fsp3) is 0.414. The SMILES string of the molecule is C[C@@H](NC[C@H]1CN(CCCCCC(=O)O)C[C@@H]1c1ccccc1)c1cccc2ccccc12.Cl.Cl. The number of fused-ring (bicyclic) bond motifs is 1. The molecule has 1 aliphatic rings. The molecule has 35 heavy (non-hydrogen) atoms. The molecule has 2 N–H and O–H groups in total. The van der Waals surface area contributed by atoms with Crippen LogP contribution in [0.5, 0.6) is 0 Å². The molecule has 0 radical (unpaired) electrons. The van der Waals surface area contributed by atoms with Gasteiger partial charge in [-0.2, -0.15) is 0 Å². The molecule has 4 nitrogen and oxygen atoms in total. The van der Waals surface area contributed by atoms with Crippen molar-refractivity contribution in [3.05, 3.63) is 83.9 Å². The zero-order chi connectivity index (χ0) is 23.0. The standard InChI is InChI=1S/C29H36N2O2.2ClH/c1-22(26-16-10-14-23-13-7-8-15-27(23)26)30-19-25-20-31(18-9-3-6-17-29(32)33)21-28(25)24-11-4-2-5-12-24;;/h2,4-5,7-8,10-16,22,25,28,30H,3,6,9,17-21H2,1H3,(H,32,33);2*1H/t22-,25+,28-;;/m1../s1. The lowest BCUT2D eigenvalue weighted by Gasteiger charge is -2.23. The van der Waals surface area contributed by atoms with Gasteiger partial charge in [0.15, 0.2) is 0 Å². The average Bonchev–Trinajstić information content (AvgIpc) is 3.25. The van der Waals surface area contributed by atoms with Crippen LogP contribution in [-0.2, 0) is 4.79 Å². The number of unbranched alkanes of at least 4 members (excludes halogenated alkanes) is 2. The maximum absolute atomic E-state index is 10.7. The van der Waals surface area contributed by atoms with Gasteiger partial charge < -0.3 is 15.3 Å². The van der Waals surface area contributed by atoms with E-state index >= 15 is 0 Å². The lowest BCUT2D eigenvalue weighted by atomic mass is 9.88. The number of benzene rings is 3. The number of nitrogens with zero attached hydrogens (tertiary/aromatic N) is 1. The summed E-state index contributed by atoms with van der Waals surface area (Å²) in [6.45, 7) is 6.48. The zero-order valence-electron chi connectivity index (χ0n) is 20.4. The van der Waals surface area contributed by atoms with Crippen molar-refractivity contribution >= 4 is 41.6 Å². The Morgan fingerprint density at radius 3 is 2.43 bits per heavy atom. The summed E-state index contributed by atoms with van der Waals surface area (Å²) in [6, 6.07) is 26.4. The molecule has 4 rings (SSSR count). The number of aliphatic carboxylic acids is 1. The summed E-state index contributed by atoms with van der Waals surface area (Å²) in [5.74, 6) is 0.396. The smallest absolute Gasteiger partial charge is 0.303 e. The summed E-state index contributed by atoms with van der Waals surface area (Å²) in [5.41, 5.74) is 2.79. The van der Waals surface area contributed by atoms with Crippen molar-refractivity contribution in [3.63, 3.8) is 0 Å². The van der Waals surface area contributed by atoms with Crippen LogP contribution in [-0.4, -0.2) is 42.2 Å². The third kappa shape index (κ3) is 7.94. The van der Waals surface area contributed by atoms with Gasteiger partial charge in [0.2, 0.25) is 0 Å². The molecule has 3 aromatic carbocycles. The van der Waals surface area contributed by atoms with E-state index in [2.05, 4.69) is 89.9 Å². The van der Waals surface area contributed by atoms with Crippen molar-refractivity contribution < 1.29 is 9.90 Å². The number of likely N-dealkylation sites (tertiary alicyclic amines) is 1. The molecule has 3 aromatic rings. The summed E-state index contributed by atoms with van der Waals surface area (Å²) in [4.78, 5) is 13.3. The van der Waals surface area contributed by atoms with E-state index in [9.17, 15) is 4.79 Å². The Morgan fingerprint density at radius 2 is 1.66 bits per heavy atom. The van der Waals surface area contributed by atoms with Gasteiger partial charge in [-0.3, -0.25) is 4.79 Å². The van der Waals surface area contributed by atoms with Crippen molar-refractivity contribution in [1.82, 2.24) is 10.2 Å². The minimum absolute atomic E-state index is 0. The largest absolute Gasteiger partial charge is 0.481 e. The van der Waals surface area contributed by atoms with Crippen LogP contribution in [0, 0.1) is 5.92 Å². The molecule has 1 saturated heterocycles. The summed E-state index contributed by atoms with van der Waals surface area (Å²) < 4.78 is 0. The second-order valence-electron chi connectivity index (χ2n) is 9.44. The molecule has 0 saturated carbocycles. The van der Waals surface area contributed by atoms with Gasteiger partial charge >= 0.3 is 5.97 Å². The van der Waals surface area contributed by atoms with Gasteiger partial charge in [0.05, 0.1) is 0 Å². The molecule has 0 amide bonds. The summed E-state index contributed by atoms with van der Waals surface area (Å²) in [7, 11) is 0. The number of carbonyl (C=O) groups is 1. The van der Waals surface area contributed by atoms with Crippen LogP contribution in [0.25, 0.3) is 10.8 Å². The van der Waals surface area contributed by atoms with E-state index in [1.54, 1.807) is 0 Å². The van der Waals surface area contributed by atoms with Crippen molar-refractivity contribution in [2.45, 2.75) is 44.6 Å². The van der Waals surface area contributed by atoms with Crippen LogP contribution in [0.1, 0.15) is 55.7 Å². The number of halogens is 2. The first-order chi connectivity index (χ1) is 16.1. The number of rotatable bonds is 11. The summed E-state index contributed by atoms with van der Waals surface area (Å²) in [6.07, 6.45) is 3.12. The first-order valence-electron chi connectivity index (χ1n) is 12.3. The van der Waals surface area contributed by atoms with Crippen LogP contribution in [0.4, 0.5) is 0 Å². The third-order valence-electron chi connectivity index (χ3n) is 7.09. The predicted molar refractivity (Wildman–Crippen MR) is 150 cm³/mol. The Hall–Kier alpha value is -2.11. The maximum atomic E-state index is 10.7. The second kappa shape index (κ2) is 14.4. The van der Waals surface area contributed by atoms with Crippen molar-refractivity contribution in [1.29, 1.82) is 0 Å². The fourth-order valence-electron chi connectivity index (χ4n) is 5.28. The van der Waals surface area contributed by atoms with Crippen molar-refractivity contribution in [2.24, 2.45) is 5.92 Å². The number of hydrogen-bond acceptors (Lipinski definition) is 3. The van der Waals surface area contributed by atoms with Crippen LogP contribution in [0.2, 0.25) is 0 Å². The molecule has 6 heteroatoms. The van der Waals surface area contributed by atoms with Gasteiger partial charge in [-0.15, -0.1) is 24.8 Å². The van der Waals surface area contributed by atoms with Crippen LogP contribution in [0.15, 0.2) is 72.8 Å². The number of nitrogens with one attached hydrogen (secondary N) is 1. The molecule has 1 heterocycles. The molecule has 1 aliphatic heterocycles. The molecule has 0 spiro atoms. The van der Waals surface area contributed by atoms with E-state index in [0.717, 1.165) is 45.4 Å². The highest BCUT2D eigenvalue weighted by molar-refractivity contribution is 5.86. The van der Waals surface area contributed by atoms with Gasteiger partial charge in [0.25, 0.3) is 0 Å². The molecule has 0 aliphatic carbocycles. The quantitative estimate of drug-likeness (QED) is 0.278. The Morgan fingerprint density at radius 1 is 0.943 bits per heavy atom. The first-order valence-corrected chi connectivity index (χ1v) is 12.3. The van der Waals surface area contributed by atoms with Crippen molar-refractivity contribution in [3.8, 4) is 0 Å². The van der Waals surface area contributed by atoms with E-state index in [-0.39, 0.29) is 37.3 Å². The van der Waals surface area contributed by atoms with Crippen LogP contribution < -0.4 is 5.32 Å². The van der Waals surface area contributed by atoms with E-state index < -0.39 is 5.97 Å². The van der Waals surface area contributed by atoms with E-state index in [4.69, 9.17) is 5.11 Å². The molecular weight excluding hydrogens is 479 g/mol. The Labute approximate surface area is 221 Å². The molecule has 3 atom stereocenters. The molecule has 190 valence electrons. The van der Waals surface area contributed by atoms with Crippen LogP contribution >= 0.6 is 24.8 Å².